The van der Waals surface area contributed by atoms with Crippen molar-refractivity contribution in [2.75, 3.05) is 27.7 Å². The van der Waals surface area contributed by atoms with E-state index < -0.39 is 33.3 Å². The first kappa shape index (κ1) is 39.7. The maximum absolute atomic E-state index is 14.0. The van der Waals surface area contributed by atoms with Gasteiger partial charge in [0, 0.05) is 13.6 Å². The summed E-state index contributed by atoms with van der Waals surface area (Å²) in [6, 6.07) is 20.5. The fraction of sp³-hybridized carbons (Fsp3) is 0.316. The predicted octanol–water partition coefficient (Wildman–Crippen LogP) is 6.18. The lowest BCUT2D eigenvalue weighted by Crippen LogP contribution is -2.47. The zero-order chi connectivity index (χ0) is 39.4. The van der Waals surface area contributed by atoms with Crippen LogP contribution in [0.4, 0.5) is 18.9 Å². The first-order chi connectivity index (χ1) is 25.4. The minimum Gasteiger partial charge on any atom is -0.744 e. The Morgan fingerprint density at radius 1 is 0.963 bits per heavy atom. The van der Waals surface area contributed by atoms with Gasteiger partial charge in [-0.25, -0.2) is 22.6 Å². The molecule has 5 aromatic rings. The summed E-state index contributed by atoms with van der Waals surface area (Å²) >= 11 is 0. The first-order valence-electron chi connectivity index (χ1n) is 17.0. The molecule has 0 bridgehead atoms. The van der Waals surface area contributed by atoms with Gasteiger partial charge in [-0.1, -0.05) is 36.4 Å². The first-order valence-corrected chi connectivity index (χ1v) is 18.4. The van der Waals surface area contributed by atoms with E-state index in [9.17, 15) is 35.7 Å². The molecule has 12 nitrogen and oxygen atoms in total. The van der Waals surface area contributed by atoms with Crippen molar-refractivity contribution in [3.05, 3.63) is 124 Å². The maximum Gasteiger partial charge on any atom is 0.416 e. The summed E-state index contributed by atoms with van der Waals surface area (Å²) in [5.74, 6) is -0.345. The Morgan fingerprint density at radius 3 is 2.17 bits per heavy atom. The van der Waals surface area contributed by atoms with E-state index in [1.165, 1.54) is 59.0 Å². The third-order valence-electron chi connectivity index (χ3n) is 9.52. The fourth-order valence-electron chi connectivity index (χ4n) is 6.60. The lowest BCUT2D eigenvalue weighted by atomic mass is 9.85. The highest BCUT2D eigenvalue weighted by atomic mass is 32.2. The molecule has 1 aliphatic rings. The average Bonchev–Trinajstić information content (AvgIpc) is 3.72. The number of hydrogen-bond donors (Lipinski definition) is 1. The maximum atomic E-state index is 14.0. The molecular formula is C38H40F3N7O5S. The smallest absolute Gasteiger partial charge is 0.416 e. The standard InChI is InChI=1S/C32H34F3N7O2.C6H6O3S/c1-36-23-11-13-24(14-12-23)40-27(17-18-38-40)29-28(30(43)37-20-21-9-15-26(16-10-21)42(3,4)5)31(44)41(39(29)2)25-8-6-7-22(19-25)32(33,34)35;7-10(8,9)6-4-2-1-3-5-6/h6-8,11-14,17-19,21,26H,9-10,15-16,20H2,2-5H3;1-5H,(H,7,8,9). The van der Waals surface area contributed by atoms with Crippen LogP contribution in [0.25, 0.3) is 27.6 Å². The Balaban J connectivity index is 0.000000486. The molecule has 0 spiro atoms. The zero-order valence-electron chi connectivity index (χ0n) is 30.1. The summed E-state index contributed by atoms with van der Waals surface area (Å²) in [6.07, 6.45) is 0.865. The number of carbonyl (C=O) groups is 1. The number of aromatic nitrogens is 4. The number of nitrogens with zero attached hydrogens (tertiary/aromatic N) is 6. The summed E-state index contributed by atoms with van der Waals surface area (Å²) in [5.41, 5.74) is -0.277. The molecule has 2 heterocycles. The van der Waals surface area contributed by atoms with Gasteiger partial charge in [0.25, 0.3) is 11.5 Å². The highest BCUT2D eigenvalue weighted by Crippen LogP contribution is 2.32. The monoisotopic (exact) mass is 763 g/mol. The molecule has 1 amide bonds. The number of rotatable bonds is 8. The molecule has 2 aromatic heterocycles. The molecule has 0 unspecified atom stereocenters. The van der Waals surface area contributed by atoms with Crippen LogP contribution in [-0.2, 0) is 23.3 Å². The summed E-state index contributed by atoms with van der Waals surface area (Å²) in [4.78, 5) is 31.0. The van der Waals surface area contributed by atoms with Crippen molar-refractivity contribution in [3.63, 3.8) is 0 Å². The second kappa shape index (κ2) is 15.8. The number of hydrogen-bond acceptors (Lipinski definition) is 6. The van der Waals surface area contributed by atoms with Crippen molar-refractivity contribution in [2.24, 2.45) is 13.0 Å². The van der Waals surface area contributed by atoms with Crippen LogP contribution in [0.2, 0.25) is 0 Å². The van der Waals surface area contributed by atoms with Crippen LogP contribution in [0.3, 0.4) is 0 Å². The van der Waals surface area contributed by atoms with E-state index in [-0.39, 0.29) is 27.8 Å². The second-order valence-electron chi connectivity index (χ2n) is 13.9. The van der Waals surface area contributed by atoms with Crippen molar-refractivity contribution in [3.8, 4) is 22.8 Å². The Morgan fingerprint density at radius 2 is 1.61 bits per heavy atom. The van der Waals surface area contributed by atoms with E-state index in [0.29, 0.717) is 29.7 Å². The largest absolute Gasteiger partial charge is 0.744 e. The lowest BCUT2D eigenvalue weighted by Gasteiger charge is -2.38. The number of halogens is 3. The van der Waals surface area contributed by atoms with Crippen molar-refractivity contribution in [2.45, 2.75) is 42.8 Å². The van der Waals surface area contributed by atoms with E-state index in [0.717, 1.165) is 47.0 Å². The molecule has 6 rings (SSSR count). The molecule has 1 fully saturated rings. The summed E-state index contributed by atoms with van der Waals surface area (Å²) < 4.78 is 76.5. The van der Waals surface area contributed by atoms with Crippen LogP contribution in [-0.4, -0.2) is 76.2 Å². The van der Waals surface area contributed by atoms with Crippen LogP contribution in [0, 0.1) is 12.5 Å². The van der Waals surface area contributed by atoms with Crippen molar-refractivity contribution in [1.29, 1.82) is 0 Å². The third kappa shape index (κ3) is 8.99. The predicted molar refractivity (Wildman–Crippen MR) is 195 cm³/mol. The summed E-state index contributed by atoms with van der Waals surface area (Å²) in [7, 11) is 3.82. The van der Waals surface area contributed by atoms with Crippen LogP contribution in [0.5, 0.6) is 0 Å². The van der Waals surface area contributed by atoms with Crippen molar-refractivity contribution < 1.29 is 35.4 Å². The number of benzene rings is 3. The average molecular weight is 764 g/mol. The minimum absolute atomic E-state index is 0.0290. The molecule has 54 heavy (non-hydrogen) atoms. The number of alkyl halides is 3. The van der Waals surface area contributed by atoms with Gasteiger partial charge in [0.05, 0.1) is 67.5 Å². The molecule has 1 saturated carbocycles. The molecule has 3 aromatic carbocycles. The molecular weight excluding hydrogens is 724 g/mol. The van der Waals surface area contributed by atoms with Gasteiger partial charge in [-0.05, 0) is 80.1 Å². The number of quaternary nitrogens is 1. The Kier molecular flexibility index (Phi) is 11.7. The van der Waals surface area contributed by atoms with Crippen LogP contribution < -0.4 is 10.9 Å². The van der Waals surface area contributed by atoms with Gasteiger partial charge in [-0.3, -0.25) is 14.3 Å². The van der Waals surface area contributed by atoms with Gasteiger partial charge in [-0.2, -0.15) is 18.3 Å². The van der Waals surface area contributed by atoms with E-state index >= 15 is 0 Å². The van der Waals surface area contributed by atoms with Gasteiger partial charge in [0.15, 0.2) is 5.69 Å². The SMILES string of the molecule is O=S(=O)([O-])c1ccccc1.[C-]#[N+]c1ccc(-n2nccc2-c2c(C(=O)NCC3CCC([N+](C)(C)C)CC3)c(=O)n(-c3cccc(C(F)(F)F)c3)n2C)cc1. The topological polar surface area (TPSA) is 135 Å². The van der Waals surface area contributed by atoms with Gasteiger partial charge in [0.2, 0.25) is 0 Å². The van der Waals surface area contributed by atoms with E-state index in [2.05, 4.69) is 36.4 Å². The van der Waals surface area contributed by atoms with E-state index in [1.807, 2.05) is 0 Å². The Bertz CT molecular complexity index is 2310. The van der Waals surface area contributed by atoms with Crippen molar-refractivity contribution in [1.82, 2.24) is 24.5 Å². The molecule has 1 N–H and O–H groups in total. The highest BCUT2D eigenvalue weighted by molar-refractivity contribution is 7.85. The quantitative estimate of drug-likeness (QED) is 0.114. The summed E-state index contributed by atoms with van der Waals surface area (Å²) in [5, 5.41) is 7.35. The minimum atomic E-state index is -4.62. The second-order valence-corrected chi connectivity index (χ2v) is 15.3. The Hall–Kier alpha value is -5.50. The molecule has 0 radical (unpaired) electrons. The van der Waals surface area contributed by atoms with Crippen LogP contribution >= 0.6 is 0 Å². The molecule has 16 heteroatoms. The fourth-order valence-corrected chi connectivity index (χ4v) is 7.09. The molecule has 0 aliphatic heterocycles. The molecule has 1 aliphatic carbocycles. The lowest BCUT2D eigenvalue weighted by molar-refractivity contribution is -0.897. The Labute approximate surface area is 311 Å². The number of nitrogens with one attached hydrogen (secondary N) is 1. The zero-order valence-corrected chi connectivity index (χ0v) is 30.9. The van der Waals surface area contributed by atoms with Gasteiger partial charge >= 0.3 is 6.18 Å². The highest BCUT2D eigenvalue weighted by Gasteiger charge is 2.34. The molecule has 284 valence electrons. The summed E-state index contributed by atoms with van der Waals surface area (Å²) in [6.45, 7) is 7.61. The molecule has 0 saturated heterocycles. The van der Waals surface area contributed by atoms with Gasteiger partial charge in [0.1, 0.15) is 21.4 Å². The molecule has 0 atom stereocenters. The normalized spacial score (nSPS) is 16.2. The van der Waals surface area contributed by atoms with E-state index in [1.54, 1.807) is 36.4 Å². The number of amides is 1. The van der Waals surface area contributed by atoms with Gasteiger partial charge in [-0.15, -0.1) is 0 Å². The van der Waals surface area contributed by atoms with Crippen LogP contribution in [0.1, 0.15) is 41.6 Å². The van der Waals surface area contributed by atoms with E-state index in [4.69, 9.17) is 6.57 Å². The van der Waals surface area contributed by atoms with Gasteiger partial charge < -0.3 is 14.4 Å². The van der Waals surface area contributed by atoms with Crippen LogP contribution in [0.15, 0.2) is 101 Å². The number of carbonyl (C=O) groups excluding carboxylic acids is 1. The third-order valence-corrected chi connectivity index (χ3v) is 10.4. The van der Waals surface area contributed by atoms with Crippen molar-refractivity contribution >= 4 is 21.7 Å².